The van der Waals surface area contributed by atoms with Crippen molar-refractivity contribution in [1.82, 2.24) is 0 Å². The number of hydrogen-bond acceptors (Lipinski definition) is 6. The summed E-state index contributed by atoms with van der Waals surface area (Å²) >= 11 is 0. The van der Waals surface area contributed by atoms with E-state index in [1.54, 1.807) is 0 Å². The Morgan fingerprint density at radius 1 is 0.304 bits per heavy atom. The molecular weight excluding hydrogens is 853 g/mol. The summed E-state index contributed by atoms with van der Waals surface area (Å²) in [6.45, 7) is 6.39. The fourth-order valence-corrected chi connectivity index (χ4v) is 7.84. The van der Waals surface area contributed by atoms with E-state index in [-0.39, 0.29) is 37.5 Å². The smallest absolute Gasteiger partial charge is 0.306 e. The lowest BCUT2D eigenvalue weighted by Crippen LogP contribution is -2.30. The third-order valence-electron chi connectivity index (χ3n) is 12.1. The second-order valence-electron chi connectivity index (χ2n) is 18.8. The fourth-order valence-electron chi connectivity index (χ4n) is 7.84. The maximum Gasteiger partial charge on any atom is 0.306 e. The molecule has 394 valence electrons. The molecule has 0 aliphatic rings. The number of allylic oxidation sites excluding steroid dienone is 16. The van der Waals surface area contributed by atoms with Crippen LogP contribution in [0.1, 0.15) is 265 Å². The molecule has 0 saturated carbocycles. The molecular formula is C63H106O6. The van der Waals surface area contributed by atoms with E-state index in [1.807, 2.05) is 0 Å². The number of unbranched alkanes of at least 4 members (excludes halogenated alkanes) is 24. The Bertz CT molecular complexity index is 1380. The average molecular weight is 960 g/mol. The van der Waals surface area contributed by atoms with Crippen molar-refractivity contribution in [3.8, 4) is 0 Å². The van der Waals surface area contributed by atoms with Gasteiger partial charge < -0.3 is 14.2 Å². The molecule has 0 amide bonds. The molecule has 0 N–H and O–H groups in total. The highest BCUT2D eigenvalue weighted by Crippen LogP contribution is 2.15. The van der Waals surface area contributed by atoms with Crippen molar-refractivity contribution in [1.29, 1.82) is 0 Å². The molecule has 0 fully saturated rings. The van der Waals surface area contributed by atoms with Crippen molar-refractivity contribution in [2.75, 3.05) is 13.2 Å². The Labute approximate surface area is 426 Å². The first-order valence-corrected chi connectivity index (χ1v) is 28.7. The number of rotatable bonds is 51. The zero-order valence-electron chi connectivity index (χ0n) is 45.0. The summed E-state index contributed by atoms with van der Waals surface area (Å²) in [4.78, 5) is 38.2. The minimum absolute atomic E-state index is 0.0938. The molecule has 6 heteroatoms. The van der Waals surface area contributed by atoms with Crippen molar-refractivity contribution in [2.24, 2.45) is 0 Å². The summed E-state index contributed by atoms with van der Waals surface area (Å²) in [5, 5.41) is 0. The Balaban J connectivity index is 4.45. The van der Waals surface area contributed by atoms with Gasteiger partial charge in [0.05, 0.1) is 0 Å². The van der Waals surface area contributed by atoms with Gasteiger partial charge in [-0.2, -0.15) is 0 Å². The molecule has 0 aromatic rings. The van der Waals surface area contributed by atoms with Crippen LogP contribution in [0.5, 0.6) is 0 Å². The van der Waals surface area contributed by atoms with Gasteiger partial charge in [-0.15, -0.1) is 0 Å². The summed E-state index contributed by atoms with van der Waals surface area (Å²) in [6.07, 6.45) is 75.4. The third-order valence-corrected chi connectivity index (χ3v) is 12.1. The number of hydrogen-bond donors (Lipinski definition) is 0. The van der Waals surface area contributed by atoms with Gasteiger partial charge in [-0.05, 0) is 96.3 Å². The molecule has 0 aliphatic heterocycles. The number of carbonyl (C=O) groups excluding carboxylic acids is 3. The van der Waals surface area contributed by atoms with Gasteiger partial charge in [-0.25, -0.2) is 0 Å². The molecule has 1 atom stereocenters. The van der Waals surface area contributed by atoms with Gasteiger partial charge in [0.2, 0.25) is 0 Å². The van der Waals surface area contributed by atoms with Gasteiger partial charge in [0.1, 0.15) is 13.2 Å². The van der Waals surface area contributed by atoms with E-state index in [2.05, 4.69) is 118 Å². The van der Waals surface area contributed by atoms with E-state index in [0.29, 0.717) is 12.8 Å². The molecule has 0 aromatic carbocycles. The van der Waals surface area contributed by atoms with Gasteiger partial charge in [-0.1, -0.05) is 246 Å². The van der Waals surface area contributed by atoms with Crippen LogP contribution in [-0.2, 0) is 28.6 Å². The lowest BCUT2D eigenvalue weighted by molar-refractivity contribution is -0.167. The first-order chi connectivity index (χ1) is 34.0. The van der Waals surface area contributed by atoms with Crippen LogP contribution in [0.15, 0.2) is 97.2 Å². The fraction of sp³-hybridized carbons (Fsp3) is 0.698. The minimum Gasteiger partial charge on any atom is -0.462 e. The third kappa shape index (κ3) is 55.1. The Hall–Kier alpha value is -3.67. The predicted octanol–water partition coefficient (Wildman–Crippen LogP) is 19.3. The molecule has 0 aliphatic carbocycles. The number of carbonyl (C=O) groups is 3. The Morgan fingerprint density at radius 3 is 0.899 bits per heavy atom. The predicted molar refractivity (Wildman–Crippen MR) is 297 cm³/mol. The summed E-state index contributed by atoms with van der Waals surface area (Å²) in [7, 11) is 0. The highest BCUT2D eigenvalue weighted by molar-refractivity contribution is 5.71. The van der Waals surface area contributed by atoms with Crippen molar-refractivity contribution in [3.63, 3.8) is 0 Å². The van der Waals surface area contributed by atoms with E-state index in [4.69, 9.17) is 14.2 Å². The zero-order chi connectivity index (χ0) is 50.0. The van der Waals surface area contributed by atoms with Crippen LogP contribution in [0.3, 0.4) is 0 Å². The van der Waals surface area contributed by atoms with Crippen LogP contribution in [-0.4, -0.2) is 37.2 Å². The topological polar surface area (TPSA) is 78.9 Å². The SMILES string of the molecule is CC/C=C\C/C=C\C/C=C\C/C=C\CCCCCCCCC(=O)OCC(COC(=O)CCCCCCCCCCCCCCCCCC)OC(=O)CCCCC/C=C\C/C=C\C/C=C\C/C=C\CC. The van der Waals surface area contributed by atoms with Crippen LogP contribution < -0.4 is 0 Å². The van der Waals surface area contributed by atoms with Gasteiger partial charge in [0.25, 0.3) is 0 Å². The highest BCUT2D eigenvalue weighted by atomic mass is 16.6. The van der Waals surface area contributed by atoms with Crippen LogP contribution in [0.25, 0.3) is 0 Å². The van der Waals surface area contributed by atoms with Crippen molar-refractivity contribution < 1.29 is 28.6 Å². The van der Waals surface area contributed by atoms with Gasteiger partial charge in [0.15, 0.2) is 6.10 Å². The molecule has 0 saturated heterocycles. The molecule has 0 heterocycles. The average Bonchev–Trinajstić information content (AvgIpc) is 3.35. The molecule has 69 heavy (non-hydrogen) atoms. The van der Waals surface area contributed by atoms with Crippen LogP contribution in [0.4, 0.5) is 0 Å². The number of ether oxygens (including phenoxy) is 3. The first kappa shape index (κ1) is 65.3. The molecule has 0 spiro atoms. The van der Waals surface area contributed by atoms with Crippen LogP contribution in [0, 0.1) is 0 Å². The second-order valence-corrected chi connectivity index (χ2v) is 18.8. The van der Waals surface area contributed by atoms with Crippen molar-refractivity contribution >= 4 is 17.9 Å². The van der Waals surface area contributed by atoms with E-state index in [0.717, 1.165) is 128 Å². The lowest BCUT2D eigenvalue weighted by Gasteiger charge is -2.18. The Kier molecular flexibility index (Phi) is 53.9. The van der Waals surface area contributed by atoms with Crippen molar-refractivity contribution in [3.05, 3.63) is 97.2 Å². The summed E-state index contributed by atoms with van der Waals surface area (Å²) in [6, 6.07) is 0. The summed E-state index contributed by atoms with van der Waals surface area (Å²) in [5.74, 6) is -0.934. The van der Waals surface area contributed by atoms with E-state index >= 15 is 0 Å². The summed E-state index contributed by atoms with van der Waals surface area (Å²) in [5.41, 5.74) is 0. The Morgan fingerprint density at radius 2 is 0.565 bits per heavy atom. The zero-order valence-corrected chi connectivity index (χ0v) is 45.0. The quantitative estimate of drug-likeness (QED) is 0.0262. The maximum atomic E-state index is 12.8. The lowest BCUT2D eigenvalue weighted by atomic mass is 10.0. The highest BCUT2D eigenvalue weighted by Gasteiger charge is 2.19. The van der Waals surface area contributed by atoms with Gasteiger partial charge in [-0.3, -0.25) is 14.4 Å². The molecule has 0 radical (unpaired) electrons. The number of esters is 3. The van der Waals surface area contributed by atoms with Gasteiger partial charge >= 0.3 is 17.9 Å². The van der Waals surface area contributed by atoms with Gasteiger partial charge in [0, 0.05) is 19.3 Å². The molecule has 6 nitrogen and oxygen atoms in total. The normalized spacial score (nSPS) is 12.8. The largest absolute Gasteiger partial charge is 0.462 e. The summed E-state index contributed by atoms with van der Waals surface area (Å²) < 4.78 is 16.8. The van der Waals surface area contributed by atoms with E-state index in [1.165, 1.54) is 96.3 Å². The monoisotopic (exact) mass is 959 g/mol. The van der Waals surface area contributed by atoms with E-state index in [9.17, 15) is 14.4 Å². The van der Waals surface area contributed by atoms with E-state index < -0.39 is 6.10 Å². The molecule has 0 bridgehead atoms. The second kappa shape index (κ2) is 56.9. The van der Waals surface area contributed by atoms with Crippen LogP contribution in [0.2, 0.25) is 0 Å². The minimum atomic E-state index is -0.800. The molecule has 0 rings (SSSR count). The van der Waals surface area contributed by atoms with Crippen molar-refractivity contribution in [2.45, 2.75) is 271 Å². The molecule has 0 aromatic heterocycles. The standard InChI is InChI=1S/C63H106O6/c1-4-7-10-13-16-19-22-25-28-31-32-33-36-38-41-44-47-50-53-56-62(65)68-59-60(69-63(66)57-54-51-48-45-42-39-35-30-27-24-21-18-15-12-9-6-3)58-67-61(64)55-52-49-46-43-40-37-34-29-26-23-20-17-14-11-8-5-2/h7,9-10,12,16,18-19,21,25,27-28,30,32-33,39,42,60H,4-6,8,11,13-15,17,20,22-24,26,29,31,34-38,40-41,43-59H2,1-3H3/b10-7-,12-9-,19-16-,21-18-,28-25-,30-27-,33-32-,42-39-. The van der Waals surface area contributed by atoms with Crippen LogP contribution >= 0.6 is 0 Å². The molecule has 1 unspecified atom stereocenters. The first-order valence-electron chi connectivity index (χ1n) is 28.7. The maximum absolute atomic E-state index is 12.8.